The summed E-state index contributed by atoms with van der Waals surface area (Å²) in [6, 6.07) is 0. The zero-order valence-electron chi connectivity index (χ0n) is 12.5. The van der Waals surface area contributed by atoms with Gasteiger partial charge in [-0.2, -0.15) is 0 Å². The average molecular weight is 514 g/mol. The molecule has 0 bridgehead atoms. The molecular formula is C16H20Fe2O2Se2. The largest absolute Gasteiger partial charge is 0.0312 e. The van der Waals surface area contributed by atoms with Gasteiger partial charge < -0.3 is 0 Å². The first-order valence-corrected chi connectivity index (χ1v) is 8.16. The van der Waals surface area contributed by atoms with Gasteiger partial charge in [0.1, 0.15) is 0 Å². The normalized spacial score (nSPS) is 12.7. The van der Waals surface area contributed by atoms with Crippen molar-refractivity contribution < 1.29 is 43.4 Å². The molecule has 0 saturated heterocycles. The standard InChI is InChI=1S/2C5H5.2C2H5Se.2CO.2Fe/c2*1-2-4-5-3-1;2*1-2-3;2*1-2;;/h2*1-5H;2*2H2,1H3;;;;. The molecule has 0 aromatic rings. The van der Waals surface area contributed by atoms with Crippen LogP contribution in [0.15, 0.2) is 0 Å². The fourth-order valence-electron chi connectivity index (χ4n) is 0.642. The van der Waals surface area contributed by atoms with Crippen LogP contribution in [0.2, 0.25) is 10.6 Å². The fourth-order valence-corrected chi connectivity index (χ4v) is 0.642. The quantitative estimate of drug-likeness (QED) is 0.271. The summed E-state index contributed by atoms with van der Waals surface area (Å²) in [4.78, 5) is 0. The van der Waals surface area contributed by atoms with Crippen LogP contribution >= 0.6 is 0 Å². The molecule has 2 rings (SSSR count). The molecule has 0 aromatic carbocycles. The van der Waals surface area contributed by atoms with Crippen molar-refractivity contribution in [2.24, 2.45) is 0 Å². The SMILES string of the molecule is CC[Se].CC[Se].[C-]#[O+].[C-]#[O+].[CH]1[CH][CH][CH][CH]1.[CH]1[CH][CH][CH][CH]1.[Fe].[Fe]. The van der Waals surface area contributed by atoms with Crippen molar-refractivity contribution in [1.82, 2.24) is 0 Å². The predicted octanol–water partition coefficient (Wildman–Crippen LogP) is 3.15. The first-order chi connectivity index (χ1) is 9.83. The molecule has 2 nitrogen and oxygen atoms in total. The second-order valence-electron chi connectivity index (χ2n) is 2.50. The first-order valence-electron chi connectivity index (χ1n) is 5.73. The molecule has 2 aliphatic carbocycles. The maximum Gasteiger partial charge on any atom is 0 e. The van der Waals surface area contributed by atoms with Crippen LogP contribution in [-0.2, 0) is 43.4 Å². The maximum absolute atomic E-state index is 7.50. The zero-order chi connectivity index (χ0) is 16.5. The van der Waals surface area contributed by atoms with Gasteiger partial charge in [0.05, 0.1) is 0 Å². The maximum atomic E-state index is 7.50. The summed E-state index contributed by atoms with van der Waals surface area (Å²) in [6.45, 7) is 13.1. The Morgan fingerprint density at radius 1 is 0.545 bits per heavy atom. The molecule has 2 saturated carbocycles. The van der Waals surface area contributed by atoms with Crippen LogP contribution in [0.4, 0.5) is 0 Å². The van der Waals surface area contributed by atoms with Gasteiger partial charge in [0.2, 0.25) is 0 Å². The topological polar surface area (TPSA) is 39.8 Å². The van der Waals surface area contributed by atoms with Crippen LogP contribution < -0.4 is 0 Å². The van der Waals surface area contributed by atoms with Crippen molar-refractivity contribution in [3.63, 3.8) is 0 Å². The second-order valence-corrected chi connectivity index (χ2v) is 4.92. The van der Waals surface area contributed by atoms with Crippen molar-refractivity contribution >= 4 is 32.0 Å². The smallest absolute Gasteiger partial charge is 0 e. The summed E-state index contributed by atoms with van der Waals surface area (Å²) in [5, 5.41) is 2.25. The third-order valence-corrected chi connectivity index (χ3v) is 1.11. The molecule has 0 aliphatic heterocycles. The van der Waals surface area contributed by atoms with E-state index in [0.717, 1.165) is 10.6 Å². The van der Waals surface area contributed by atoms with Gasteiger partial charge in [0.25, 0.3) is 0 Å². The predicted molar refractivity (Wildman–Crippen MR) is 83.3 cm³/mol. The van der Waals surface area contributed by atoms with Gasteiger partial charge in [-0.05, 0) is 64.2 Å². The summed E-state index contributed by atoms with van der Waals surface area (Å²) in [6.07, 6.45) is 20.0. The van der Waals surface area contributed by atoms with Crippen LogP contribution in [0, 0.1) is 77.5 Å². The summed E-state index contributed by atoms with van der Waals surface area (Å²) in [7, 11) is 0. The Morgan fingerprint density at radius 2 is 0.591 bits per heavy atom. The molecule has 6 heteroatoms. The summed E-state index contributed by atoms with van der Waals surface area (Å²) in [5.41, 5.74) is 0. The van der Waals surface area contributed by atoms with Crippen LogP contribution in [-0.4, -0.2) is 32.0 Å². The van der Waals surface area contributed by atoms with Crippen LogP contribution in [0.5, 0.6) is 0 Å². The van der Waals surface area contributed by atoms with E-state index < -0.39 is 0 Å². The van der Waals surface area contributed by atoms with Gasteiger partial charge >= 0.3 is 79.1 Å². The molecule has 2 fully saturated rings. The summed E-state index contributed by atoms with van der Waals surface area (Å²) in [5.74, 6) is 0. The Morgan fingerprint density at radius 3 is 0.636 bits per heavy atom. The number of hydrogen-bond donors (Lipinski definition) is 0. The van der Waals surface area contributed by atoms with Crippen LogP contribution in [0.25, 0.3) is 0 Å². The third-order valence-electron chi connectivity index (χ3n) is 1.11. The Bertz CT molecular complexity index is 127. The molecule has 0 atom stereocenters. The van der Waals surface area contributed by atoms with Gasteiger partial charge in [0, 0.05) is 34.1 Å². The monoisotopic (exact) mass is 516 g/mol. The van der Waals surface area contributed by atoms with Gasteiger partial charge in [0.15, 0.2) is 0 Å². The minimum Gasteiger partial charge on any atom is -0.0312 e. The van der Waals surface area contributed by atoms with E-state index >= 15 is 0 Å². The molecule has 2 aliphatic rings. The molecule has 0 unspecified atom stereocenters. The van der Waals surface area contributed by atoms with Crippen molar-refractivity contribution in [1.29, 1.82) is 0 Å². The van der Waals surface area contributed by atoms with Crippen molar-refractivity contribution in [2.45, 2.75) is 24.5 Å². The van der Waals surface area contributed by atoms with E-state index in [1.807, 2.05) is 64.2 Å². The van der Waals surface area contributed by atoms with Crippen molar-refractivity contribution in [2.75, 3.05) is 0 Å². The molecule has 0 spiro atoms. The van der Waals surface area contributed by atoms with E-state index in [1.54, 1.807) is 0 Å². The second kappa shape index (κ2) is 57.0. The molecule has 0 N–H and O–H groups in total. The Labute approximate surface area is 176 Å². The Balaban J connectivity index is -0.0000000360. The van der Waals surface area contributed by atoms with Gasteiger partial charge in [-0.1, -0.05) is 0 Å². The van der Waals surface area contributed by atoms with Crippen LogP contribution in [0.3, 0.4) is 0 Å². The molecule has 0 aromatic heterocycles. The minimum absolute atomic E-state index is 0. The van der Waals surface area contributed by atoms with Gasteiger partial charge in [-0.25, -0.2) is 0 Å². The summed E-state index contributed by atoms with van der Waals surface area (Å²) < 4.78 is 15.0. The zero-order valence-corrected chi connectivity index (χ0v) is 18.2. The molecule has 0 heterocycles. The third kappa shape index (κ3) is 68.2. The average Bonchev–Trinajstić information content (AvgIpc) is 3.23. The van der Waals surface area contributed by atoms with E-state index in [1.165, 1.54) is 0 Å². The van der Waals surface area contributed by atoms with E-state index in [2.05, 4.69) is 59.2 Å². The number of rotatable bonds is 0. The molecule has 124 valence electrons. The molecular weight excluding hydrogens is 494 g/mol. The van der Waals surface area contributed by atoms with Crippen molar-refractivity contribution in [3.8, 4) is 0 Å². The van der Waals surface area contributed by atoms with E-state index in [0.29, 0.717) is 0 Å². The van der Waals surface area contributed by atoms with Crippen LogP contribution in [0.1, 0.15) is 13.8 Å². The molecule has 0 amide bonds. The van der Waals surface area contributed by atoms with E-state index in [4.69, 9.17) is 9.30 Å². The minimum atomic E-state index is 0. The Kier molecular flexibility index (Phi) is 101. The van der Waals surface area contributed by atoms with Gasteiger partial charge in [-0.15, -0.1) is 0 Å². The Hall–Kier alpha value is 1.56. The van der Waals surface area contributed by atoms with E-state index in [9.17, 15) is 0 Å². The van der Waals surface area contributed by atoms with Crippen molar-refractivity contribution in [3.05, 3.63) is 77.5 Å². The fraction of sp³-hybridized carbons (Fsp3) is 0.250. The number of hydrogen-bond acceptors (Lipinski definition) is 0. The molecule has 12 radical (unpaired) electrons. The first kappa shape index (κ1) is 38.9. The van der Waals surface area contributed by atoms with Gasteiger partial charge in [-0.3, -0.25) is 0 Å². The van der Waals surface area contributed by atoms with E-state index in [-0.39, 0.29) is 34.1 Å². The molecule has 22 heavy (non-hydrogen) atoms. The summed E-state index contributed by atoms with van der Waals surface area (Å²) >= 11 is 5.61.